The number of aromatic amines is 1. The molecule has 0 spiro atoms. The molecule has 0 unspecified atom stereocenters. The van der Waals surface area contributed by atoms with Crippen LogP contribution < -0.4 is 4.74 Å². The number of benzene rings is 1. The Morgan fingerprint density at radius 3 is 2.48 bits per heavy atom. The Morgan fingerprint density at radius 1 is 1.14 bits per heavy atom. The van der Waals surface area contributed by atoms with E-state index in [9.17, 15) is 8.42 Å². The van der Waals surface area contributed by atoms with E-state index in [0.29, 0.717) is 25.9 Å². The lowest BCUT2D eigenvalue weighted by molar-refractivity contribution is 0.135. The zero-order valence-electron chi connectivity index (χ0n) is 11.5. The number of piperidine rings is 1. The molecule has 1 aliphatic heterocycles. The standard InChI is InChI=1S/C14H17N3O3S/c18-21(19,14-6-9-15-16-14)17-10-7-13(8-11-17)20-12-4-2-1-3-5-12/h1-6,9,13H,7-8,10-11H2,(H,15,16). The summed E-state index contributed by atoms with van der Waals surface area (Å²) in [5.41, 5.74) is 0. The van der Waals surface area contributed by atoms with Crippen molar-refractivity contribution in [3.63, 3.8) is 0 Å². The fourth-order valence-corrected chi connectivity index (χ4v) is 3.78. The van der Waals surface area contributed by atoms with E-state index in [4.69, 9.17) is 4.74 Å². The number of rotatable bonds is 4. The highest BCUT2D eigenvalue weighted by molar-refractivity contribution is 7.89. The van der Waals surface area contributed by atoms with Crippen molar-refractivity contribution in [1.29, 1.82) is 0 Å². The maximum absolute atomic E-state index is 12.3. The van der Waals surface area contributed by atoms with Gasteiger partial charge in [-0.15, -0.1) is 0 Å². The van der Waals surface area contributed by atoms with E-state index in [1.54, 1.807) is 0 Å². The molecule has 3 rings (SSSR count). The van der Waals surface area contributed by atoms with Crippen LogP contribution in [0.4, 0.5) is 0 Å². The second-order valence-electron chi connectivity index (χ2n) is 4.96. The maximum atomic E-state index is 12.3. The van der Waals surface area contributed by atoms with Gasteiger partial charge in [-0.1, -0.05) is 18.2 Å². The molecule has 1 aromatic carbocycles. The van der Waals surface area contributed by atoms with Crippen molar-refractivity contribution < 1.29 is 13.2 Å². The number of hydrogen-bond acceptors (Lipinski definition) is 4. The molecule has 0 aliphatic carbocycles. The van der Waals surface area contributed by atoms with Gasteiger partial charge in [0, 0.05) is 13.1 Å². The molecule has 6 nitrogen and oxygen atoms in total. The molecule has 2 heterocycles. The first kappa shape index (κ1) is 14.1. The molecular weight excluding hydrogens is 290 g/mol. The van der Waals surface area contributed by atoms with Gasteiger partial charge < -0.3 is 4.74 Å². The zero-order valence-corrected chi connectivity index (χ0v) is 12.3. The van der Waals surface area contributed by atoms with Gasteiger partial charge in [-0.2, -0.15) is 9.40 Å². The molecule has 0 atom stereocenters. The lowest BCUT2D eigenvalue weighted by atomic mass is 10.1. The average molecular weight is 307 g/mol. The molecule has 0 amide bonds. The number of nitrogens with zero attached hydrogens (tertiary/aromatic N) is 2. The van der Waals surface area contributed by atoms with Crippen LogP contribution in [0, 0.1) is 0 Å². The highest BCUT2D eigenvalue weighted by Gasteiger charge is 2.30. The van der Waals surface area contributed by atoms with Crippen molar-refractivity contribution in [2.75, 3.05) is 13.1 Å². The fraction of sp³-hybridized carbons (Fsp3) is 0.357. The second kappa shape index (κ2) is 5.87. The van der Waals surface area contributed by atoms with E-state index in [-0.39, 0.29) is 11.1 Å². The molecule has 0 radical (unpaired) electrons. The number of aromatic nitrogens is 2. The Morgan fingerprint density at radius 2 is 1.86 bits per heavy atom. The molecule has 0 saturated carbocycles. The third kappa shape index (κ3) is 3.08. The lowest BCUT2D eigenvalue weighted by Gasteiger charge is -2.30. The van der Waals surface area contributed by atoms with Crippen LogP contribution in [0.25, 0.3) is 0 Å². The summed E-state index contributed by atoms with van der Waals surface area (Å²) in [4.78, 5) is 0. The normalized spacial score (nSPS) is 17.7. The molecule has 1 aromatic heterocycles. The molecule has 1 saturated heterocycles. The summed E-state index contributed by atoms with van der Waals surface area (Å²) in [5, 5.41) is 6.36. The lowest BCUT2D eigenvalue weighted by Crippen LogP contribution is -2.41. The van der Waals surface area contributed by atoms with Crippen LogP contribution in [0.2, 0.25) is 0 Å². The minimum Gasteiger partial charge on any atom is -0.490 e. The molecular formula is C14H17N3O3S. The van der Waals surface area contributed by atoms with Gasteiger partial charge in [0.25, 0.3) is 10.0 Å². The van der Waals surface area contributed by atoms with E-state index in [2.05, 4.69) is 10.2 Å². The number of ether oxygens (including phenoxy) is 1. The van der Waals surface area contributed by atoms with Crippen LogP contribution in [0.5, 0.6) is 5.75 Å². The minimum atomic E-state index is -3.46. The Kier molecular flexibility index (Phi) is 3.94. The third-order valence-corrected chi connectivity index (χ3v) is 5.37. The quantitative estimate of drug-likeness (QED) is 0.932. The van der Waals surface area contributed by atoms with E-state index >= 15 is 0 Å². The van der Waals surface area contributed by atoms with Gasteiger partial charge in [0.2, 0.25) is 0 Å². The van der Waals surface area contributed by atoms with Gasteiger partial charge in [0.05, 0.1) is 6.20 Å². The molecule has 2 aromatic rings. The number of H-pyrrole nitrogens is 1. The number of nitrogens with one attached hydrogen (secondary N) is 1. The van der Waals surface area contributed by atoms with Gasteiger partial charge >= 0.3 is 0 Å². The topological polar surface area (TPSA) is 75.3 Å². The SMILES string of the molecule is O=S(=O)(c1ccn[nH]1)N1CCC(Oc2ccccc2)CC1. The Bertz CT molecular complexity index is 663. The smallest absolute Gasteiger partial charge is 0.259 e. The largest absolute Gasteiger partial charge is 0.490 e. The average Bonchev–Trinajstić information content (AvgIpc) is 3.04. The first-order valence-electron chi connectivity index (χ1n) is 6.87. The Hall–Kier alpha value is -1.86. The van der Waals surface area contributed by atoms with E-state index in [0.717, 1.165) is 5.75 Å². The van der Waals surface area contributed by atoms with Gasteiger partial charge in [-0.25, -0.2) is 8.42 Å². The van der Waals surface area contributed by atoms with Crippen LogP contribution in [0.15, 0.2) is 47.6 Å². The van der Waals surface area contributed by atoms with Crippen LogP contribution in [-0.4, -0.2) is 42.1 Å². The summed E-state index contributed by atoms with van der Waals surface area (Å²) >= 11 is 0. The van der Waals surface area contributed by atoms with Crippen molar-refractivity contribution in [2.24, 2.45) is 0 Å². The summed E-state index contributed by atoms with van der Waals surface area (Å²) in [6, 6.07) is 11.1. The van der Waals surface area contributed by atoms with Gasteiger partial charge in [0.1, 0.15) is 11.9 Å². The van der Waals surface area contributed by atoms with Crippen molar-refractivity contribution in [3.05, 3.63) is 42.6 Å². The molecule has 1 N–H and O–H groups in total. The van der Waals surface area contributed by atoms with Crippen LogP contribution in [0.3, 0.4) is 0 Å². The van der Waals surface area contributed by atoms with E-state index in [1.165, 1.54) is 16.6 Å². The molecule has 1 aliphatic rings. The zero-order chi connectivity index (χ0) is 14.7. The first-order valence-corrected chi connectivity index (χ1v) is 8.31. The summed E-state index contributed by atoms with van der Waals surface area (Å²) in [6.45, 7) is 0.914. The highest BCUT2D eigenvalue weighted by Crippen LogP contribution is 2.22. The van der Waals surface area contributed by atoms with Crippen molar-refractivity contribution in [3.8, 4) is 5.75 Å². The van der Waals surface area contributed by atoms with E-state index in [1.807, 2.05) is 30.3 Å². The van der Waals surface area contributed by atoms with Crippen LogP contribution in [-0.2, 0) is 10.0 Å². The Labute approximate surface area is 123 Å². The number of para-hydroxylation sites is 1. The van der Waals surface area contributed by atoms with Crippen LogP contribution >= 0.6 is 0 Å². The highest BCUT2D eigenvalue weighted by atomic mass is 32.2. The Balaban J connectivity index is 1.61. The minimum absolute atomic E-state index is 0.0561. The third-order valence-electron chi connectivity index (χ3n) is 3.54. The number of sulfonamides is 1. The molecule has 7 heteroatoms. The molecule has 112 valence electrons. The number of hydrogen-bond donors (Lipinski definition) is 1. The van der Waals surface area contributed by atoms with Crippen LogP contribution in [0.1, 0.15) is 12.8 Å². The van der Waals surface area contributed by atoms with Gasteiger partial charge in [-0.3, -0.25) is 5.10 Å². The van der Waals surface area contributed by atoms with Crippen molar-refractivity contribution in [1.82, 2.24) is 14.5 Å². The first-order chi connectivity index (χ1) is 10.2. The molecule has 21 heavy (non-hydrogen) atoms. The van der Waals surface area contributed by atoms with Crippen molar-refractivity contribution >= 4 is 10.0 Å². The fourth-order valence-electron chi connectivity index (χ4n) is 2.41. The summed E-state index contributed by atoms with van der Waals surface area (Å²) in [5.74, 6) is 0.826. The second-order valence-corrected chi connectivity index (χ2v) is 6.86. The van der Waals surface area contributed by atoms with Gasteiger partial charge in [0.15, 0.2) is 5.03 Å². The molecule has 0 bridgehead atoms. The summed E-state index contributed by atoms with van der Waals surface area (Å²) < 4.78 is 32.0. The van der Waals surface area contributed by atoms with Crippen molar-refractivity contribution in [2.45, 2.75) is 24.0 Å². The maximum Gasteiger partial charge on any atom is 0.259 e. The predicted octanol–water partition coefficient (Wildman–Crippen LogP) is 1.64. The summed E-state index contributed by atoms with van der Waals surface area (Å²) in [6.07, 6.45) is 2.86. The van der Waals surface area contributed by atoms with Gasteiger partial charge in [-0.05, 0) is 31.0 Å². The summed E-state index contributed by atoms with van der Waals surface area (Å²) in [7, 11) is -3.46. The van der Waals surface area contributed by atoms with E-state index < -0.39 is 10.0 Å². The molecule has 1 fully saturated rings. The monoisotopic (exact) mass is 307 g/mol. The predicted molar refractivity (Wildman–Crippen MR) is 77.4 cm³/mol.